The number of unbranched alkanes of at least 4 members (excludes halogenated alkanes) is 1. The first kappa shape index (κ1) is 16.5. The minimum atomic E-state index is 1.20. The van der Waals surface area contributed by atoms with E-state index in [1.54, 1.807) is 0 Å². The van der Waals surface area contributed by atoms with Gasteiger partial charge in [0, 0.05) is 14.3 Å². The maximum atomic E-state index is 2.42. The van der Waals surface area contributed by atoms with Crippen LogP contribution in [0, 0.1) is 0 Å². The second kappa shape index (κ2) is 6.30. The standard InChI is InChI=1S/C26H20S2/c1-2-3-4-20-13-19-12-17-6-8-21-22(24(17)15-26(19)28-20)7-5-16-11-18-9-10-27-25(18)14-23(16)21/h5-15H,2-4H2,1H3. The number of fused-ring (bicyclic) bond motifs is 7. The van der Waals surface area contributed by atoms with Crippen molar-refractivity contribution in [1.82, 2.24) is 0 Å². The van der Waals surface area contributed by atoms with Crippen LogP contribution >= 0.6 is 22.7 Å². The van der Waals surface area contributed by atoms with Gasteiger partial charge in [-0.15, -0.1) is 22.7 Å². The third-order valence-electron chi connectivity index (χ3n) is 5.87. The van der Waals surface area contributed by atoms with Crippen LogP contribution in [0.5, 0.6) is 0 Å². The molecule has 0 aliphatic carbocycles. The van der Waals surface area contributed by atoms with E-state index in [9.17, 15) is 0 Å². The molecule has 0 bridgehead atoms. The van der Waals surface area contributed by atoms with Crippen molar-refractivity contribution in [2.75, 3.05) is 0 Å². The Morgan fingerprint density at radius 2 is 1.36 bits per heavy atom. The van der Waals surface area contributed by atoms with Gasteiger partial charge in [-0.2, -0.15) is 0 Å². The van der Waals surface area contributed by atoms with Crippen molar-refractivity contribution in [3.05, 3.63) is 70.9 Å². The van der Waals surface area contributed by atoms with Crippen molar-refractivity contribution in [3.63, 3.8) is 0 Å². The molecule has 28 heavy (non-hydrogen) atoms. The van der Waals surface area contributed by atoms with Gasteiger partial charge < -0.3 is 0 Å². The number of rotatable bonds is 3. The number of thiophene rings is 2. The van der Waals surface area contributed by atoms with Crippen LogP contribution in [0.4, 0.5) is 0 Å². The molecule has 0 atom stereocenters. The van der Waals surface area contributed by atoms with Gasteiger partial charge in [0.1, 0.15) is 0 Å². The molecule has 6 aromatic rings. The minimum Gasteiger partial charge on any atom is -0.144 e. The van der Waals surface area contributed by atoms with Crippen LogP contribution in [0.3, 0.4) is 0 Å². The van der Waals surface area contributed by atoms with Crippen LogP contribution in [0.1, 0.15) is 24.6 Å². The fourth-order valence-electron chi connectivity index (χ4n) is 4.40. The summed E-state index contributed by atoms with van der Waals surface area (Å²) in [5.41, 5.74) is 0. The zero-order chi connectivity index (χ0) is 18.7. The topological polar surface area (TPSA) is 0 Å². The summed E-state index contributed by atoms with van der Waals surface area (Å²) >= 11 is 3.80. The summed E-state index contributed by atoms with van der Waals surface area (Å²) in [5.74, 6) is 0. The third-order valence-corrected chi connectivity index (χ3v) is 7.91. The first-order valence-corrected chi connectivity index (χ1v) is 11.7. The third kappa shape index (κ3) is 2.48. The zero-order valence-corrected chi connectivity index (χ0v) is 17.4. The van der Waals surface area contributed by atoms with Gasteiger partial charge in [-0.05, 0) is 97.7 Å². The van der Waals surface area contributed by atoms with Gasteiger partial charge in [-0.3, -0.25) is 0 Å². The number of hydrogen-bond donors (Lipinski definition) is 0. The molecule has 0 N–H and O–H groups in total. The van der Waals surface area contributed by atoms with Crippen LogP contribution < -0.4 is 0 Å². The molecule has 0 aliphatic rings. The Bertz CT molecular complexity index is 1500. The molecule has 0 radical (unpaired) electrons. The summed E-state index contributed by atoms with van der Waals surface area (Å²) in [7, 11) is 0. The summed E-state index contributed by atoms with van der Waals surface area (Å²) in [6.45, 7) is 2.27. The van der Waals surface area contributed by atoms with Crippen LogP contribution in [-0.2, 0) is 6.42 Å². The van der Waals surface area contributed by atoms with E-state index >= 15 is 0 Å². The molecule has 4 aromatic carbocycles. The molecule has 0 saturated carbocycles. The highest BCUT2D eigenvalue weighted by Gasteiger charge is 2.09. The van der Waals surface area contributed by atoms with Gasteiger partial charge in [0.25, 0.3) is 0 Å². The van der Waals surface area contributed by atoms with E-state index in [0.717, 1.165) is 0 Å². The fourth-order valence-corrected chi connectivity index (χ4v) is 6.34. The van der Waals surface area contributed by atoms with Crippen LogP contribution in [0.15, 0.2) is 66.0 Å². The van der Waals surface area contributed by atoms with E-state index in [1.807, 2.05) is 22.7 Å². The van der Waals surface area contributed by atoms with Gasteiger partial charge in [-0.1, -0.05) is 37.6 Å². The monoisotopic (exact) mass is 396 g/mol. The predicted molar refractivity (Wildman–Crippen MR) is 128 cm³/mol. The maximum absolute atomic E-state index is 2.42. The maximum Gasteiger partial charge on any atom is 0.0352 e. The highest BCUT2D eigenvalue weighted by molar-refractivity contribution is 7.19. The Hall–Kier alpha value is -2.42. The van der Waals surface area contributed by atoms with E-state index in [0.29, 0.717) is 0 Å². The normalized spacial score (nSPS) is 12.2. The molecule has 2 aromatic heterocycles. The Kier molecular flexibility index (Phi) is 3.72. The van der Waals surface area contributed by atoms with E-state index in [1.165, 1.54) is 76.6 Å². The molecular formula is C26H20S2. The number of aryl methyl sites for hydroxylation is 1. The zero-order valence-electron chi connectivity index (χ0n) is 15.8. The van der Waals surface area contributed by atoms with Crippen molar-refractivity contribution in [3.8, 4) is 0 Å². The van der Waals surface area contributed by atoms with Gasteiger partial charge >= 0.3 is 0 Å². The second-order valence-electron chi connectivity index (χ2n) is 7.69. The molecule has 0 saturated heterocycles. The molecule has 0 fully saturated rings. The number of benzene rings is 4. The quantitative estimate of drug-likeness (QED) is 0.262. The van der Waals surface area contributed by atoms with E-state index < -0.39 is 0 Å². The lowest BCUT2D eigenvalue weighted by molar-refractivity contribution is 0.804. The molecule has 0 spiro atoms. The van der Waals surface area contributed by atoms with Gasteiger partial charge in [0.05, 0.1) is 0 Å². The van der Waals surface area contributed by atoms with Crippen LogP contribution in [-0.4, -0.2) is 0 Å². The van der Waals surface area contributed by atoms with E-state index in [4.69, 9.17) is 0 Å². The van der Waals surface area contributed by atoms with Crippen LogP contribution in [0.25, 0.3) is 52.5 Å². The highest BCUT2D eigenvalue weighted by Crippen LogP contribution is 2.37. The van der Waals surface area contributed by atoms with Crippen molar-refractivity contribution < 1.29 is 0 Å². The molecular weight excluding hydrogens is 376 g/mol. The first-order chi connectivity index (χ1) is 13.8. The summed E-state index contributed by atoms with van der Waals surface area (Å²) in [6.07, 6.45) is 3.73. The molecule has 0 unspecified atom stereocenters. The highest BCUT2D eigenvalue weighted by atomic mass is 32.1. The Labute approximate surface area is 172 Å². The molecule has 6 rings (SSSR count). The van der Waals surface area contributed by atoms with Gasteiger partial charge in [-0.25, -0.2) is 0 Å². The molecule has 136 valence electrons. The molecule has 2 heteroatoms. The molecule has 0 amide bonds. The number of hydrogen-bond acceptors (Lipinski definition) is 2. The average molecular weight is 397 g/mol. The van der Waals surface area contributed by atoms with Crippen molar-refractivity contribution in [2.24, 2.45) is 0 Å². The SMILES string of the molecule is CCCCc1cc2cc3ccc4c5cc6sccc6cc5ccc4c3cc2s1. The van der Waals surface area contributed by atoms with Crippen LogP contribution in [0.2, 0.25) is 0 Å². The summed E-state index contributed by atoms with van der Waals surface area (Å²) in [4.78, 5) is 1.52. The lowest BCUT2D eigenvalue weighted by atomic mass is 9.96. The van der Waals surface area contributed by atoms with E-state index in [-0.39, 0.29) is 0 Å². The van der Waals surface area contributed by atoms with Gasteiger partial charge in [0.2, 0.25) is 0 Å². The smallest absolute Gasteiger partial charge is 0.0352 e. The predicted octanol–water partition coefficient (Wildman–Crippen LogP) is 8.92. The van der Waals surface area contributed by atoms with Crippen molar-refractivity contribution in [2.45, 2.75) is 26.2 Å². The molecule has 0 nitrogen and oxygen atoms in total. The van der Waals surface area contributed by atoms with E-state index in [2.05, 4.69) is 73.0 Å². The largest absolute Gasteiger partial charge is 0.144 e. The fraction of sp³-hybridized carbons (Fsp3) is 0.154. The Balaban J connectivity index is 1.64. The molecule has 0 aliphatic heterocycles. The summed E-state index contributed by atoms with van der Waals surface area (Å²) in [5, 5.41) is 13.1. The average Bonchev–Trinajstić information content (AvgIpc) is 3.33. The Morgan fingerprint density at radius 1 is 0.643 bits per heavy atom. The first-order valence-electron chi connectivity index (χ1n) is 9.99. The Morgan fingerprint density at radius 3 is 2.11 bits per heavy atom. The lowest BCUT2D eigenvalue weighted by Gasteiger charge is -2.08. The summed E-state index contributed by atoms with van der Waals surface area (Å²) < 4.78 is 2.79. The van der Waals surface area contributed by atoms with Gasteiger partial charge in [0.15, 0.2) is 0 Å². The van der Waals surface area contributed by atoms with Crippen molar-refractivity contribution >= 4 is 75.2 Å². The summed E-state index contributed by atoms with van der Waals surface area (Å²) in [6, 6.07) is 23.3. The second-order valence-corrected chi connectivity index (χ2v) is 9.80. The lowest BCUT2D eigenvalue weighted by Crippen LogP contribution is -1.81. The van der Waals surface area contributed by atoms with Crippen molar-refractivity contribution in [1.29, 1.82) is 0 Å². The minimum absolute atomic E-state index is 1.20. The molecule has 2 heterocycles.